The molecule has 1 aliphatic heterocycles. The number of ether oxygens (including phenoxy) is 1. The highest BCUT2D eigenvalue weighted by atomic mass is 16.5. The number of aliphatic hydroxyl groups is 1. The van der Waals surface area contributed by atoms with Gasteiger partial charge in [-0.1, -0.05) is 13.0 Å². The molecule has 0 saturated carbocycles. The lowest BCUT2D eigenvalue weighted by Crippen LogP contribution is -2.48. The molecule has 2 rings (SSSR count). The molecule has 0 aromatic carbocycles. The van der Waals surface area contributed by atoms with Gasteiger partial charge in [0.15, 0.2) is 0 Å². The second kappa shape index (κ2) is 6.73. The van der Waals surface area contributed by atoms with Crippen LogP contribution in [0.3, 0.4) is 0 Å². The zero-order valence-electron chi connectivity index (χ0n) is 11.7. The van der Waals surface area contributed by atoms with E-state index in [1.807, 2.05) is 25.1 Å². The van der Waals surface area contributed by atoms with Gasteiger partial charge in [-0.3, -0.25) is 0 Å². The van der Waals surface area contributed by atoms with Gasteiger partial charge in [-0.2, -0.15) is 0 Å². The maximum atomic E-state index is 9.26. The van der Waals surface area contributed by atoms with Gasteiger partial charge in [0.2, 0.25) is 0 Å². The fraction of sp³-hybridized carbons (Fsp3) is 0.643. The molecule has 2 unspecified atom stereocenters. The summed E-state index contributed by atoms with van der Waals surface area (Å²) in [6.07, 6.45) is 1.06. The summed E-state index contributed by atoms with van der Waals surface area (Å²) in [5, 5.41) is 12.6. The third-order valence-electron chi connectivity index (χ3n) is 3.14. The fourth-order valence-electron chi connectivity index (χ4n) is 2.28. The number of pyridine rings is 1. The Kier molecular flexibility index (Phi) is 4.99. The summed E-state index contributed by atoms with van der Waals surface area (Å²) in [5.41, 5.74) is 0. The first-order valence-corrected chi connectivity index (χ1v) is 6.95. The number of morpholine rings is 1. The van der Waals surface area contributed by atoms with Crippen LogP contribution in [0.1, 0.15) is 20.3 Å². The molecular weight excluding hydrogens is 242 g/mol. The highest BCUT2D eigenvalue weighted by molar-refractivity contribution is 5.47. The summed E-state index contributed by atoms with van der Waals surface area (Å²) < 4.78 is 5.65. The number of anilines is 2. The Hall–Kier alpha value is -1.33. The third-order valence-corrected chi connectivity index (χ3v) is 3.14. The predicted molar refractivity (Wildman–Crippen MR) is 76.7 cm³/mol. The molecule has 0 amide bonds. The van der Waals surface area contributed by atoms with Gasteiger partial charge in [0.05, 0.1) is 18.8 Å². The Balaban J connectivity index is 2.07. The van der Waals surface area contributed by atoms with E-state index in [2.05, 4.69) is 22.1 Å². The molecule has 2 atom stereocenters. The van der Waals surface area contributed by atoms with Gasteiger partial charge in [-0.25, -0.2) is 4.98 Å². The molecule has 2 heterocycles. The molecule has 106 valence electrons. The Bertz CT molecular complexity index is 400. The SMILES string of the molecule is CCCNc1cccc(N2CC(C)OC(CO)C2)n1. The number of hydrogen-bond donors (Lipinski definition) is 2. The van der Waals surface area contributed by atoms with Crippen LogP contribution < -0.4 is 10.2 Å². The van der Waals surface area contributed by atoms with Gasteiger partial charge in [0.25, 0.3) is 0 Å². The van der Waals surface area contributed by atoms with Crippen molar-refractivity contribution in [3.63, 3.8) is 0 Å². The summed E-state index contributed by atoms with van der Waals surface area (Å²) in [7, 11) is 0. The predicted octanol–water partition coefficient (Wildman–Crippen LogP) is 1.49. The molecular formula is C14H23N3O2. The van der Waals surface area contributed by atoms with Crippen molar-refractivity contribution in [1.29, 1.82) is 0 Å². The number of nitrogens with one attached hydrogen (secondary N) is 1. The normalized spacial score (nSPS) is 23.4. The molecule has 0 spiro atoms. The van der Waals surface area contributed by atoms with Crippen molar-refractivity contribution in [3.05, 3.63) is 18.2 Å². The van der Waals surface area contributed by atoms with E-state index < -0.39 is 0 Å². The van der Waals surface area contributed by atoms with Crippen molar-refractivity contribution in [2.45, 2.75) is 32.5 Å². The van der Waals surface area contributed by atoms with Crippen molar-refractivity contribution >= 4 is 11.6 Å². The summed E-state index contributed by atoms with van der Waals surface area (Å²) in [5.74, 6) is 1.84. The highest BCUT2D eigenvalue weighted by Crippen LogP contribution is 2.19. The molecule has 1 saturated heterocycles. The van der Waals surface area contributed by atoms with Crippen LogP contribution in [-0.2, 0) is 4.74 Å². The molecule has 0 aliphatic carbocycles. The second-order valence-corrected chi connectivity index (χ2v) is 4.96. The van der Waals surface area contributed by atoms with Gasteiger partial charge in [0, 0.05) is 19.6 Å². The number of rotatable bonds is 5. The fourth-order valence-corrected chi connectivity index (χ4v) is 2.28. The van der Waals surface area contributed by atoms with Crippen LogP contribution in [0, 0.1) is 0 Å². The molecule has 2 N–H and O–H groups in total. The lowest BCUT2D eigenvalue weighted by Gasteiger charge is -2.36. The second-order valence-electron chi connectivity index (χ2n) is 4.96. The quantitative estimate of drug-likeness (QED) is 0.844. The first-order valence-electron chi connectivity index (χ1n) is 6.95. The first-order chi connectivity index (χ1) is 9.22. The Morgan fingerprint density at radius 1 is 1.47 bits per heavy atom. The zero-order valence-corrected chi connectivity index (χ0v) is 11.7. The summed E-state index contributed by atoms with van der Waals surface area (Å²) in [6, 6.07) is 5.99. The topological polar surface area (TPSA) is 57.6 Å². The van der Waals surface area contributed by atoms with Crippen molar-refractivity contribution in [2.24, 2.45) is 0 Å². The van der Waals surface area contributed by atoms with Crippen molar-refractivity contribution in [3.8, 4) is 0 Å². The highest BCUT2D eigenvalue weighted by Gasteiger charge is 2.25. The Morgan fingerprint density at radius 3 is 3.05 bits per heavy atom. The minimum atomic E-state index is -0.127. The van der Waals surface area contributed by atoms with Gasteiger partial charge in [-0.05, 0) is 25.5 Å². The number of aliphatic hydroxyl groups excluding tert-OH is 1. The van der Waals surface area contributed by atoms with E-state index in [1.54, 1.807) is 0 Å². The molecule has 1 aromatic rings. The summed E-state index contributed by atoms with van der Waals surface area (Å²) in [4.78, 5) is 6.79. The van der Waals surface area contributed by atoms with Crippen molar-refractivity contribution in [2.75, 3.05) is 36.5 Å². The average molecular weight is 265 g/mol. The van der Waals surface area contributed by atoms with Crippen LogP contribution in [0.5, 0.6) is 0 Å². The molecule has 5 heteroatoms. The molecule has 1 aliphatic rings. The van der Waals surface area contributed by atoms with Crippen molar-refractivity contribution in [1.82, 2.24) is 4.98 Å². The number of nitrogens with zero attached hydrogens (tertiary/aromatic N) is 2. The van der Waals surface area contributed by atoms with E-state index >= 15 is 0 Å². The standard InChI is InChI=1S/C14H23N3O2/c1-3-7-15-13-5-4-6-14(16-13)17-8-11(2)19-12(9-17)10-18/h4-6,11-12,18H,3,7-10H2,1-2H3,(H,15,16). The van der Waals surface area contributed by atoms with Crippen LogP contribution >= 0.6 is 0 Å². The van der Waals surface area contributed by atoms with Gasteiger partial charge in [0.1, 0.15) is 11.6 Å². The maximum absolute atomic E-state index is 9.26. The first kappa shape index (κ1) is 14.1. The van der Waals surface area contributed by atoms with Crippen LogP contribution in [0.15, 0.2) is 18.2 Å². The average Bonchev–Trinajstić information content (AvgIpc) is 2.44. The molecule has 0 bridgehead atoms. The van der Waals surface area contributed by atoms with E-state index in [1.165, 1.54) is 0 Å². The van der Waals surface area contributed by atoms with Crippen LogP contribution in [0.4, 0.5) is 11.6 Å². The van der Waals surface area contributed by atoms with Gasteiger partial charge >= 0.3 is 0 Å². The largest absolute Gasteiger partial charge is 0.394 e. The van der Waals surface area contributed by atoms with Gasteiger partial charge < -0.3 is 20.1 Å². The summed E-state index contributed by atoms with van der Waals surface area (Å²) >= 11 is 0. The third kappa shape index (κ3) is 3.81. The summed E-state index contributed by atoms with van der Waals surface area (Å²) in [6.45, 7) is 6.62. The molecule has 1 fully saturated rings. The lowest BCUT2D eigenvalue weighted by molar-refractivity contribution is -0.0422. The number of hydrogen-bond acceptors (Lipinski definition) is 5. The molecule has 5 nitrogen and oxygen atoms in total. The molecule has 1 aromatic heterocycles. The van der Waals surface area contributed by atoms with E-state index in [0.717, 1.165) is 31.1 Å². The monoisotopic (exact) mass is 265 g/mol. The lowest BCUT2D eigenvalue weighted by atomic mass is 10.2. The molecule has 0 radical (unpaired) electrons. The number of aromatic nitrogens is 1. The van der Waals surface area contributed by atoms with E-state index in [0.29, 0.717) is 6.54 Å². The van der Waals surface area contributed by atoms with Gasteiger partial charge in [-0.15, -0.1) is 0 Å². The minimum Gasteiger partial charge on any atom is -0.394 e. The Labute approximate surface area is 114 Å². The van der Waals surface area contributed by atoms with E-state index in [-0.39, 0.29) is 18.8 Å². The Morgan fingerprint density at radius 2 is 2.32 bits per heavy atom. The molecule has 19 heavy (non-hydrogen) atoms. The zero-order chi connectivity index (χ0) is 13.7. The van der Waals surface area contributed by atoms with Crippen LogP contribution in [-0.4, -0.2) is 48.5 Å². The van der Waals surface area contributed by atoms with Crippen LogP contribution in [0.2, 0.25) is 0 Å². The van der Waals surface area contributed by atoms with E-state index in [4.69, 9.17) is 4.74 Å². The minimum absolute atomic E-state index is 0.0502. The van der Waals surface area contributed by atoms with Crippen molar-refractivity contribution < 1.29 is 9.84 Å². The maximum Gasteiger partial charge on any atom is 0.131 e. The smallest absolute Gasteiger partial charge is 0.131 e. The van der Waals surface area contributed by atoms with E-state index in [9.17, 15) is 5.11 Å². The van der Waals surface area contributed by atoms with Crippen LogP contribution in [0.25, 0.3) is 0 Å².